The van der Waals surface area contributed by atoms with Gasteiger partial charge in [-0.1, -0.05) is 28.8 Å². The zero-order chi connectivity index (χ0) is 14.0. The molecule has 98 valence electrons. The molecule has 0 radical (unpaired) electrons. The summed E-state index contributed by atoms with van der Waals surface area (Å²) in [5.41, 5.74) is 7.67. The molecular weight excluding hydrogens is 280 g/mol. The Morgan fingerprint density at radius 2 is 2.21 bits per heavy atom. The van der Waals surface area contributed by atoms with E-state index >= 15 is 0 Å². The number of carbonyl (C=O) groups excluding carboxylic acids is 1. The molecule has 1 aromatic carbocycles. The van der Waals surface area contributed by atoms with Crippen molar-refractivity contribution in [3.8, 4) is 0 Å². The Balaban J connectivity index is 2.32. The van der Waals surface area contributed by atoms with E-state index in [4.69, 9.17) is 18.0 Å². The second-order valence-corrected chi connectivity index (χ2v) is 5.16. The Morgan fingerprint density at radius 1 is 1.47 bits per heavy atom. The van der Waals surface area contributed by atoms with Crippen molar-refractivity contribution in [2.45, 2.75) is 6.92 Å². The highest BCUT2D eigenvalue weighted by Crippen LogP contribution is 2.19. The number of hydrogen-bond donors (Lipinski definition) is 1. The highest BCUT2D eigenvalue weighted by Gasteiger charge is 2.19. The van der Waals surface area contributed by atoms with Crippen molar-refractivity contribution in [3.05, 3.63) is 40.4 Å². The SMILES string of the molecule is Cc1nnsc1C(=O)N(C)c1cccc(C(N)=S)c1. The van der Waals surface area contributed by atoms with E-state index in [0.717, 1.165) is 22.8 Å². The first-order valence-corrected chi connectivity index (χ1v) is 6.65. The molecule has 2 N–H and O–H groups in total. The van der Waals surface area contributed by atoms with Crippen molar-refractivity contribution in [1.29, 1.82) is 0 Å². The molecular formula is C12H12N4OS2. The quantitative estimate of drug-likeness (QED) is 0.873. The molecule has 0 aliphatic rings. The van der Waals surface area contributed by atoms with E-state index in [-0.39, 0.29) is 5.91 Å². The minimum atomic E-state index is -0.146. The summed E-state index contributed by atoms with van der Waals surface area (Å²) in [6, 6.07) is 7.22. The fraction of sp³-hybridized carbons (Fsp3) is 0.167. The maximum Gasteiger partial charge on any atom is 0.271 e. The fourth-order valence-corrected chi connectivity index (χ4v) is 2.32. The van der Waals surface area contributed by atoms with Crippen LogP contribution in [0, 0.1) is 6.92 Å². The van der Waals surface area contributed by atoms with Crippen molar-refractivity contribution in [2.24, 2.45) is 5.73 Å². The van der Waals surface area contributed by atoms with Gasteiger partial charge >= 0.3 is 0 Å². The fourth-order valence-electron chi connectivity index (χ4n) is 1.57. The molecule has 1 amide bonds. The minimum Gasteiger partial charge on any atom is -0.389 e. The number of anilines is 1. The molecule has 0 unspecified atom stereocenters. The van der Waals surface area contributed by atoms with Crippen LogP contribution in [0.4, 0.5) is 5.69 Å². The number of rotatable bonds is 3. The molecule has 0 spiro atoms. The molecule has 0 aliphatic carbocycles. The Kier molecular flexibility index (Phi) is 3.87. The molecule has 1 aromatic heterocycles. The van der Waals surface area contributed by atoms with Crippen LogP contribution < -0.4 is 10.6 Å². The highest BCUT2D eigenvalue weighted by atomic mass is 32.1. The lowest BCUT2D eigenvalue weighted by Gasteiger charge is -2.17. The van der Waals surface area contributed by atoms with Crippen molar-refractivity contribution in [2.75, 3.05) is 11.9 Å². The largest absolute Gasteiger partial charge is 0.389 e. The predicted octanol–water partition coefficient (Wildman–Crippen LogP) is 1.76. The summed E-state index contributed by atoms with van der Waals surface area (Å²) in [7, 11) is 1.69. The number of nitrogens with two attached hydrogens (primary N) is 1. The molecule has 5 nitrogen and oxygen atoms in total. The van der Waals surface area contributed by atoms with Gasteiger partial charge in [0.2, 0.25) is 0 Å². The Morgan fingerprint density at radius 3 is 2.79 bits per heavy atom. The van der Waals surface area contributed by atoms with Crippen LogP contribution in [0.5, 0.6) is 0 Å². The number of amides is 1. The second kappa shape index (κ2) is 5.41. The normalized spacial score (nSPS) is 10.2. The lowest BCUT2D eigenvalue weighted by molar-refractivity contribution is 0.0996. The predicted molar refractivity (Wildman–Crippen MR) is 79.7 cm³/mol. The number of hydrogen-bond acceptors (Lipinski definition) is 5. The zero-order valence-electron chi connectivity index (χ0n) is 10.5. The van der Waals surface area contributed by atoms with Gasteiger partial charge in [0.25, 0.3) is 5.91 Å². The summed E-state index contributed by atoms with van der Waals surface area (Å²) in [5.74, 6) is -0.146. The van der Waals surface area contributed by atoms with Gasteiger partial charge in [-0.25, -0.2) is 0 Å². The van der Waals surface area contributed by atoms with Crippen LogP contribution in [-0.4, -0.2) is 27.5 Å². The van der Waals surface area contributed by atoms with Crippen LogP contribution >= 0.6 is 23.8 Å². The molecule has 0 atom stereocenters. The lowest BCUT2D eigenvalue weighted by atomic mass is 10.2. The Hall–Kier alpha value is -1.86. The average molecular weight is 292 g/mol. The lowest BCUT2D eigenvalue weighted by Crippen LogP contribution is -2.26. The molecule has 1 heterocycles. The first kappa shape index (κ1) is 13.6. The van der Waals surface area contributed by atoms with Gasteiger partial charge < -0.3 is 10.6 Å². The van der Waals surface area contributed by atoms with E-state index in [0.29, 0.717) is 15.6 Å². The monoisotopic (exact) mass is 292 g/mol. The van der Waals surface area contributed by atoms with Gasteiger partial charge in [-0.3, -0.25) is 4.79 Å². The Labute approximate surface area is 120 Å². The number of benzene rings is 1. The van der Waals surface area contributed by atoms with Crippen LogP contribution in [0.2, 0.25) is 0 Å². The highest BCUT2D eigenvalue weighted by molar-refractivity contribution is 7.80. The average Bonchev–Trinajstić information content (AvgIpc) is 2.83. The van der Waals surface area contributed by atoms with Crippen LogP contribution in [0.25, 0.3) is 0 Å². The number of aryl methyl sites for hydroxylation is 1. The van der Waals surface area contributed by atoms with E-state index in [2.05, 4.69) is 9.59 Å². The van der Waals surface area contributed by atoms with Crippen LogP contribution in [-0.2, 0) is 0 Å². The van der Waals surface area contributed by atoms with Crippen LogP contribution in [0.3, 0.4) is 0 Å². The summed E-state index contributed by atoms with van der Waals surface area (Å²) in [4.78, 5) is 14.7. The van der Waals surface area contributed by atoms with Crippen molar-refractivity contribution < 1.29 is 4.79 Å². The minimum absolute atomic E-state index is 0.146. The third-order valence-electron chi connectivity index (χ3n) is 2.67. The van der Waals surface area contributed by atoms with Crippen LogP contribution in [0.1, 0.15) is 20.9 Å². The van der Waals surface area contributed by atoms with Gasteiger partial charge in [-0.2, -0.15) is 0 Å². The van der Waals surface area contributed by atoms with Gasteiger partial charge in [0.15, 0.2) is 0 Å². The topological polar surface area (TPSA) is 72.1 Å². The van der Waals surface area contributed by atoms with Crippen molar-refractivity contribution in [3.63, 3.8) is 0 Å². The number of aromatic nitrogens is 2. The summed E-state index contributed by atoms with van der Waals surface area (Å²) < 4.78 is 3.77. The molecule has 2 aromatic rings. The van der Waals surface area contributed by atoms with Gasteiger partial charge in [0.05, 0.1) is 5.69 Å². The van der Waals surface area contributed by atoms with E-state index < -0.39 is 0 Å². The molecule has 0 saturated carbocycles. The zero-order valence-corrected chi connectivity index (χ0v) is 12.1. The smallest absolute Gasteiger partial charge is 0.271 e. The number of thiocarbonyl (C=S) groups is 1. The summed E-state index contributed by atoms with van der Waals surface area (Å²) >= 11 is 6.02. The number of carbonyl (C=O) groups is 1. The van der Waals surface area contributed by atoms with Gasteiger partial charge in [-0.15, -0.1) is 5.10 Å². The standard InChI is InChI=1S/C12H12N4OS2/c1-7-10(19-15-14-7)12(17)16(2)9-5-3-4-8(6-9)11(13)18/h3-6H,1-2H3,(H2,13,18). The molecule has 2 rings (SSSR count). The first-order valence-electron chi connectivity index (χ1n) is 5.47. The Bertz CT molecular complexity index is 638. The molecule has 0 saturated heterocycles. The summed E-state index contributed by atoms with van der Waals surface area (Å²) in [6.45, 7) is 1.76. The van der Waals surface area contributed by atoms with Gasteiger partial charge in [0.1, 0.15) is 9.87 Å². The molecule has 19 heavy (non-hydrogen) atoms. The summed E-state index contributed by atoms with van der Waals surface area (Å²) in [5, 5.41) is 3.84. The second-order valence-electron chi connectivity index (χ2n) is 3.97. The maximum atomic E-state index is 12.3. The summed E-state index contributed by atoms with van der Waals surface area (Å²) in [6.07, 6.45) is 0. The van der Waals surface area contributed by atoms with E-state index in [1.807, 2.05) is 18.2 Å². The van der Waals surface area contributed by atoms with E-state index in [1.165, 1.54) is 4.90 Å². The van der Waals surface area contributed by atoms with E-state index in [1.54, 1.807) is 20.0 Å². The van der Waals surface area contributed by atoms with Gasteiger partial charge in [0, 0.05) is 18.3 Å². The van der Waals surface area contributed by atoms with Gasteiger partial charge in [-0.05, 0) is 30.6 Å². The molecule has 0 fully saturated rings. The molecule has 7 heteroatoms. The van der Waals surface area contributed by atoms with Crippen LogP contribution in [0.15, 0.2) is 24.3 Å². The third-order valence-corrected chi connectivity index (χ3v) is 3.72. The van der Waals surface area contributed by atoms with Crippen molar-refractivity contribution in [1.82, 2.24) is 9.59 Å². The third kappa shape index (κ3) is 2.77. The first-order chi connectivity index (χ1) is 9.00. The maximum absolute atomic E-state index is 12.3. The van der Waals surface area contributed by atoms with Crippen molar-refractivity contribution >= 4 is 40.3 Å². The molecule has 0 bridgehead atoms. The number of nitrogens with zero attached hydrogens (tertiary/aromatic N) is 3. The van der Waals surface area contributed by atoms with E-state index in [9.17, 15) is 4.79 Å². The molecule has 0 aliphatic heterocycles.